The van der Waals surface area contributed by atoms with Gasteiger partial charge in [-0.05, 0) is 13.1 Å². The Morgan fingerprint density at radius 1 is 1.30 bits per heavy atom. The van der Waals surface area contributed by atoms with E-state index in [2.05, 4.69) is 29.0 Å². The van der Waals surface area contributed by atoms with Crippen LogP contribution in [0.4, 0.5) is 0 Å². The van der Waals surface area contributed by atoms with E-state index in [0.717, 1.165) is 45.8 Å². The Balaban J connectivity index is 2.43. The molecule has 23 heavy (non-hydrogen) atoms. The summed E-state index contributed by atoms with van der Waals surface area (Å²) < 4.78 is 0. The number of likely N-dealkylation sites (N-methyl/N-ethyl adjacent to an activating group) is 1. The smallest absolute Gasteiger partial charge is 0.266 e. The Kier molecular flexibility index (Phi) is 9.29. The van der Waals surface area contributed by atoms with Gasteiger partial charge < -0.3 is 20.9 Å². The molecule has 130 valence electrons. The van der Waals surface area contributed by atoms with E-state index >= 15 is 0 Å². The van der Waals surface area contributed by atoms with Gasteiger partial charge >= 0.3 is 0 Å². The Hall–Kier alpha value is -1.62. The van der Waals surface area contributed by atoms with Gasteiger partial charge in [-0.2, -0.15) is 5.26 Å². The summed E-state index contributed by atoms with van der Waals surface area (Å²) in [6, 6.07) is 2.01. The highest BCUT2D eigenvalue weighted by molar-refractivity contribution is 5.97. The predicted molar refractivity (Wildman–Crippen MR) is 91.6 cm³/mol. The number of nitrogens with zero attached hydrogens (tertiary/aromatic N) is 4. The molecule has 0 aromatic heterocycles. The first kappa shape index (κ1) is 19.4. The standard InChI is InChI=1S/C16H30N6O/c1-3-20(4-2)8-6-19-14-15(13-18)16(23)22-11-9-21(7-5-17)10-12-22/h14,19H,3-12,17H2,1-2H3/b15-14-. The molecule has 0 aromatic carbocycles. The second-order valence-corrected chi connectivity index (χ2v) is 5.57. The minimum atomic E-state index is -0.185. The molecule has 1 amide bonds. The molecule has 1 heterocycles. The normalized spacial score (nSPS) is 16.5. The van der Waals surface area contributed by atoms with Gasteiger partial charge in [-0.15, -0.1) is 0 Å². The van der Waals surface area contributed by atoms with Gasteiger partial charge in [0.2, 0.25) is 0 Å². The highest BCUT2D eigenvalue weighted by Gasteiger charge is 2.23. The maximum absolute atomic E-state index is 12.4. The first-order chi connectivity index (χ1) is 11.2. The van der Waals surface area contributed by atoms with E-state index in [9.17, 15) is 10.1 Å². The molecule has 7 heteroatoms. The number of nitrogens with one attached hydrogen (secondary N) is 1. The molecule has 1 saturated heterocycles. The van der Waals surface area contributed by atoms with E-state index in [4.69, 9.17) is 5.73 Å². The lowest BCUT2D eigenvalue weighted by Gasteiger charge is -2.34. The molecule has 0 aromatic rings. The number of rotatable bonds is 9. The number of piperazine rings is 1. The van der Waals surface area contributed by atoms with Crippen LogP contribution in [0.1, 0.15) is 13.8 Å². The van der Waals surface area contributed by atoms with Crippen LogP contribution >= 0.6 is 0 Å². The number of carbonyl (C=O) groups excluding carboxylic acids is 1. The summed E-state index contributed by atoms with van der Waals surface area (Å²) in [6.07, 6.45) is 1.55. The fourth-order valence-corrected chi connectivity index (χ4v) is 2.61. The zero-order valence-corrected chi connectivity index (χ0v) is 14.4. The zero-order valence-electron chi connectivity index (χ0n) is 14.4. The van der Waals surface area contributed by atoms with Crippen molar-refractivity contribution < 1.29 is 4.79 Å². The summed E-state index contributed by atoms with van der Waals surface area (Å²) in [7, 11) is 0. The maximum atomic E-state index is 12.4. The predicted octanol–water partition coefficient (Wildman–Crippen LogP) is -0.572. The molecule has 0 bridgehead atoms. The molecule has 0 radical (unpaired) electrons. The number of hydrogen-bond acceptors (Lipinski definition) is 6. The van der Waals surface area contributed by atoms with Crippen LogP contribution in [0.5, 0.6) is 0 Å². The van der Waals surface area contributed by atoms with Crippen LogP contribution in [-0.4, -0.2) is 86.1 Å². The van der Waals surface area contributed by atoms with Crippen molar-refractivity contribution in [2.45, 2.75) is 13.8 Å². The van der Waals surface area contributed by atoms with Crippen LogP contribution in [0, 0.1) is 11.3 Å². The third kappa shape index (κ3) is 6.57. The molecule has 0 unspecified atom stereocenters. The Labute approximate surface area is 139 Å². The Morgan fingerprint density at radius 3 is 2.48 bits per heavy atom. The summed E-state index contributed by atoms with van der Waals surface area (Å²) >= 11 is 0. The lowest BCUT2D eigenvalue weighted by atomic mass is 10.2. The highest BCUT2D eigenvalue weighted by atomic mass is 16.2. The monoisotopic (exact) mass is 322 g/mol. The average Bonchev–Trinajstić information content (AvgIpc) is 2.59. The lowest BCUT2D eigenvalue weighted by molar-refractivity contribution is -0.128. The van der Waals surface area contributed by atoms with Crippen molar-refractivity contribution in [1.82, 2.24) is 20.0 Å². The molecule has 1 aliphatic heterocycles. The van der Waals surface area contributed by atoms with Crippen LogP contribution in [-0.2, 0) is 4.79 Å². The number of amides is 1. The molecular weight excluding hydrogens is 292 g/mol. The van der Waals surface area contributed by atoms with Gasteiger partial charge in [-0.1, -0.05) is 13.8 Å². The van der Waals surface area contributed by atoms with E-state index < -0.39 is 0 Å². The molecule has 1 fully saturated rings. The van der Waals surface area contributed by atoms with Gasteiger partial charge in [0.25, 0.3) is 5.91 Å². The van der Waals surface area contributed by atoms with E-state index in [1.54, 1.807) is 11.1 Å². The fourth-order valence-electron chi connectivity index (χ4n) is 2.61. The van der Waals surface area contributed by atoms with Gasteiger partial charge in [-0.25, -0.2) is 0 Å². The van der Waals surface area contributed by atoms with Gasteiger partial charge in [0.05, 0.1) is 0 Å². The summed E-state index contributed by atoms with van der Waals surface area (Å²) in [4.78, 5) is 18.6. The van der Waals surface area contributed by atoms with E-state index in [0.29, 0.717) is 19.6 Å². The van der Waals surface area contributed by atoms with Crippen LogP contribution in [0.3, 0.4) is 0 Å². The molecule has 0 spiro atoms. The van der Waals surface area contributed by atoms with Crippen molar-refractivity contribution in [2.24, 2.45) is 5.73 Å². The lowest BCUT2D eigenvalue weighted by Crippen LogP contribution is -2.50. The van der Waals surface area contributed by atoms with Crippen molar-refractivity contribution in [3.8, 4) is 6.07 Å². The fraction of sp³-hybridized carbons (Fsp3) is 0.750. The van der Waals surface area contributed by atoms with Crippen LogP contribution < -0.4 is 11.1 Å². The average molecular weight is 322 g/mol. The summed E-state index contributed by atoms with van der Waals surface area (Å²) in [5.41, 5.74) is 5.72. The van der Waals surface area contributed by atoms with E-state index in [-0.39, 0.29) is 11.5 Å². The van der Waals surface area contributed by atoms with Crippen molar-refractivity contribution in [3.63, 3.8) is 0 Å². The second-order valence-electron chi connectivity index (χ2n) is 5.57. The van der Waals surface area contributed by atoms with Crippen LogP contribution in [0.2, 0.25) is 0 Å². The van der Waals surface area contributed by atoms with E-state index in [1.807, 2.05) is 6.07 Å². The van der Waals surface area contributed by atoms with Gasteiger partial charge in [-0.3, -0.25) is 9.69 Å². The topological polar surface area (TPSA) is 88.6 Å². The van der Waals surface area contributed by atoms with Crippen molar-refractivity contribution >= 4 is 5.91 Å². The van der Waals surface area contributed by atoms with Gasteiger partial charge in [0.1, 0.15) is 11.6 Å². The minimum Gasteiger partial charge on any atom is -0.388 e. The van der Waals surface area contributed by atoms with E-state index in [1.165, 1.54) is 0 Å². The number of carbonyl (C=O) groups is 1. The van der Waals surface area contributed by atoms with Crippen molar-refractivity contribution in [1.29, 1.82) is 5.26 Å². The molecular formula is C16H30N6O. The first-order valence-corrected chi connectivity index (χ1v) is 8.43. The Morgan fingerprint density at radius 2 is 1.96 bits per heavy atom. The third-order valence-electron chi connectivity index (χ3n) is 4.17. The molecule has 3 N–H and O–H groups in total. The molecule has 0 aliphatic carbocycles. The summed E-state index contributed by atoms with van der Waals surface area (Å²) in [5.74, 6) is -0.185. The first-order valence-electron chi connectivity index (χ1n) is 8.43. The highest BCUT2D eigenvalue weighted by Crippen LogP contribution is 2.06. The zero-order chi connectivity index (χ0) is 17.1. The molecule has 1 aliphatic rings. The summed E-state index contributed by atoms with van der Waals surface area (Å²) in [5, 5.41) is 12.3. The quantitative estimate of drug-likeness (QED) is 0.336. The van der Waals surface area contributed by atoms with Gasteiger partial charge in [0, 0.05) is 58.6 Å². The number of hydrogen-bond donors (Lipinski definition) is 2. The second kappa shape index (κ2) is 11.0. The van der Waals surface area contributed by atoms with Crippen LogP contribution in [0.25, 0.3) is 0 Å². The number of nitriles is 1. The minimum absolute atomic E-state index is 0.178. The number of nitrogens with two attached hydrogens (primary N) is 1. The summed E-state index contributed by atoms with van der Waals surface area (Å²) in [6.45, 7) is 12.3. The van der Waals surface area contributed by atoms with Gasteiger partial charge in [0.15, 0.2) is 0 Å². The Bertz CT molecular complexity index is 419. The van der Waals surface area contributed by atoms with Crippen LogP contribution in [0.15, 0.2) is 11.8 Å². The molecule has 0 atom stereocenters. The van der Waals surface area contributed by atoms with Crippen molar-refractivity contribution in [2.75, 3.05) is 65.4 Å². The third-order valence-corrected chi connectivity index (χ3v) is 4.17. The SMILES string of the molecule is CCN(CC)CCN/C=C(/C#N)C(=O)N1CCN(CCN)CC1. The van der Waals surface area contributed by atoms with Crippen molar-refractivity contribution in [3.05, 3.63) is 11.8 Å². The molecule has 0 saturated carbocycles. The molecule has 1 rings (SSSR count). The largest absolute Gasteiger partial charge is 0.388 e. The molecule has 7 nitrogen and oxygen atoms in total. The maximum Gasteiger partial charge on any atom is 0.266 e.